The largest absolute Gasteiger partial charge is 0.262 e. The molecule has 2 heteroatoms. The molecule has 0 fully saturated rings. The van der Waals surface area contributed by atoms with Crippen LogP contribution in [0.15, 0.2) is 24.4 Å². The van der Waals surface area contributed by atoms with Crippen LogP contribution in [0.4, 0.5) is 5.82 Å². The molecule has 0 saturated heterocycles. The number of aromatic nitrogens is 1. The van der Waals surface area contributed by atoms with Gasteiger partial charge in [0.2, 0.25) is 0 Å². The molecule has 1 aliphatic rings. The zero-order valence-corrected chi connectivity index (χ0v) is 5.49. The van der Waals surface area contributed by atoms with Crippen molar-refractivity contribution in [2.45, 2.75) is 0 Å². The van der Waals surface area contributed by atoms with Crippen molar-refractivity contribution in [3.63, 3.8) is 0 Å². The molecule has 0 amide bonds. The lowest BCUT2D eigenvalue weighted by Crippen LogP contribution is -2.04. The van der Waals surface area contributed by atoms with Crippen LogP contribution in [0.1, 0.15) is 5.56 Å². The number of nitrogens with zero attached hydrogens (tertiary/aromatic N) is 2. The molecule has 2 heterocycles. The molecular formula is C8H7N2. The van der Waals surface area contributed by atoms with E-state index in [0.29, 0.717) is 0 Å². The normalized spacial score (nSPS) is 14.0. The van der Waals surface area contributed by atoms with Crippen molar-refractivity contribution >= 4 is 11.9 Å². The van der Waals surface area contributed by atoms with E-state index in [9.17, 15) is 0 Å². The van der Waals surface area contributed by atoms with Gasteiger partial charge in [-0.2, -0.15) is 0 Å². The van der Waals surface area contributed by atoms with Gasteiger partial charge in [-0.15, -0.1) is 0 Å². The molecule has 1 aliphatic heterocycles. The Hall–Kier alpha value is -1.31. The van der Waals surface area contributed by atoms with E-state index in [1.54, 1.807) is 6.20 Å². The van der Waals surface area contributed by atoms with E-state index in [-0.39, 0.29) is 0 Å². The zero-order valence-electron chi connectivity index (χ0n) is 5.49. The summed E-state index contributed by atoms with van der Waals surface area (Å²) < 4.78 is 0. The Balaban J connectivity index is 2.54. The first-order valence-electron chi connectivity index (χ1n) is 3.26. The van der Waals surface area contributed by atoms with Crippen molar-refractivity contribution in [3.05, 3.63) is 30.0 Å². The summed E-state index contributed by atoms with van der Waals surface area (Å²) in [6.07, 6.45) is 5.85. The molecular weight excluding hydrogens is 124 g/mol. The van der Waals surface area contributed by atoms with Crippen molar-refractivity contribution in [1.29, 1.82) is 0 Å². The summed E-state index contributed by atoms with van der Waals surface area (Å²) in [7, 11) is 0. The van der Waals surface area contributed by atoms with Gasteiger partial charge in [-0.3, -0.25) is 5.32 Å². The van der Waals surface area contributed by atoms with Gasteiger partial charge >= 0.3 is 0 Å². The second-order valence-electron chi connectivity index (χ2n) is 2.16. The quantitative estimate of drug-likeness (QED) is 0.522. The molecule has 0 bridgehead atoms. The van der Waals surface area contributed by atoms with Gasteiger partial charge in [0.15, 0.2) is 5.82 Å². The van der Waals surface area contributed by atoms with Gasteiger partial charge in [0.25, 0.3) is 0 Å². The number of fused-ring (bicyclic) bond motifs is 1. The Bertz CT molecular complexity index is 266. The summed E-state index contributed by atoms with van der Waals surface area (Å²) in [6.45, 7) is 0.768. The van der Waals surface area contributed by atoms with Gasteiger partial charge in [0.1, 0.15) is 0 Å². The van der Waals surface area contributed by atoms with Crippen molar-refractivity contribution < 1.29 is 0 Å². The minimum Gasteiger partial charge on any atom is -0.262 e. The summed E-state index contributed by atoms with van der Waals surface area (Å²) in [5.74, 6) is 0.866. The number of hydrogen-bond acceptors (Lipinski definition) is 1. The summed E-state index contributed by atoms with van der Waals surface area (Å²) in [5, 5.41) is 4.20. The summed E-state index contributed by atoms with van der Waals surface area (Å²) >= 11 is 0. The fourth-order valence-corrected chi connectivity index (χ4v) is 0.990. The van der Waals surface area contributed by atoms with Crippen LogP contribution in [0.25, 0.3) is 6.08 Å². The van der Waals surface area contributed by atoms with Crippen LogP contribution in [0.5, 0.6) is 0 Å². The number of pyridine rings is 1. The highest BCUT2D eigenvalue weighted by molar-refractivity contribution is 5.62. The minimum atomic E-state index is 0.768. The molecule has 2 nitrogen and oxygen atoms in total. The van der Waals surface area contributed by atoms with Crippen molar-refractivity contribution in [3.8, 4) is 0 Å². The van der Waals surface area contributed by atoms with E-state index >= 15 is 0 Å². The second-order valence-corrected chi connectivity index (χ2v) is 2.16. The molecule has 0 spiro atoms. The predicted molar refractivity (Wildman–Crippen MR) is 39.9 cm³/mol. The Morgan fingerprint density at radius 1 is 1.40 bits per heavy atom. The molecule has 1 radical (unpaired) electrons. The van der Waals surface area contributed by atoms with E-state index in [4.69, 9.17) is 0 Å². The van der Waals surface area contributed by atoms with Crippen molar-refractivity contribution in [2.75, 3.05) is 6.54 Å². The summed E-state index contributed by atoms with van der Waals surface area (Å²) in [4.78, 5) is 4.10. The van der Waals surface area contributed by atoms with Crippen molar-refractivity contribution in [1.82, 2.24) is 10.3 Å². The molecule has 0 aliphatic carbocycles. The Morgan fingerprint density at radius 2 is 2.40 bits per heavy atom. The predicted octanol–water partition coefficient (Wildman–Crippen LogP) is 1.34. The van der Waals surface area contributed by atoms with Crippen molar-refractivity contribution in [2.24, 2.45) is 0 Å². The van der Waals surface area contributed by atoms with Crippen LogP contribution in [0.2, 0.25) is 0 Å². The maximum absolute atomic E-state index is 4.20. The molecule has 10 heavy (non-hydrogen) atoms. The number of hydrogen-bond donors (Lipinski definition) is 0. The molecule has 2 rings (SSSR count). The molecule has 0 aromatic carbocycles. The van der Waals surface area contributed by atoms with Crippen LogP contribution in [0.3, 0.4) is 0 Å². The zero-order chi connectivity index (χ0) is 6.81. The fourth-order valence-electron chi connectivity index (χ4n) is 0.990. The average molecular weight is 131 g/mol. The first-order chi connectivity index (χ1) is 4.97. The van der Waals surface area contributed by atoms with Gasteiger partial charge in [0, 0.05) is 11.8 Å². The van der Waals surface area contributed by atoms with Crippen LogP contribution in [-0.2, 0) is 0 Å². The number of rotatable bonds is 0. The van der Waals surface area contributed by atoms with E-state index in [0.717, 1.165) is 17.9 Å². The maximum atomic E-state index is 4.20. The lowest BCUT2D eigenvalue weighted by Gasteiger charge is -2.06. The molecule has 1 aromatic heterocycles. The molecule has 0 atom stereocenters. The minimum absolute atomic E-state index is 0.768. The monoisotopic (exact) mass is 131 g/mol. The third-order valence-electron chi connectivity index (χ3n) is 1.46. The van der Waals surface area contributed by atoms with Gasteiger partial charge in [-0.1, -0.05) is 12.2 Å². The third-order valence-corrected chi connectivity index (χ3v) is 1.46. The molecule has 0 saturated carbocycles. The summed E-state index contributed by atoms with van der Waals surface area (Å²) in [6, 6.07) is 3.94. The third kappa shape index (κ3) is 0.778. The maximum Gasteiger partial charge on any atom is 0.154 e. The second kappa shape index (κ2) is 2.14. The van der Waals surface area contributed by atoms with E-state index in [1.807, 2.05) is 18.2 Å². The standard InChI is InChI=1S/C8H7N2/c1-3-7-4-2-6-10-8(7)9-5-1/h1-5H,6H2. The molecule has 0 unspecified atom stereocenters. The molecule has 0 N–H and O–H groups in total. The van der Waals surface area contributed by atoms with Crippen LogP contribution in [0, 0.1) is 0 Å². The first kappa shape index (κ1) is 5.47. The van der Waals surface area contributed by atoms with Crippen LogP contribution in [-0.4, -0.2) is 11.5 Å². The Labute approximate surface area is 59.6 Å². The molecule has 49 valence electrons. The summed E-state index contributed by atoms with van der Waals surface area (Å²) in [5.41, 5.74) is 1.12. The van der Waals surface area contributed by atoms with E-state index < -0.39 is 0 Å². The van der Waals surface area contributed by atoms with Gasteiger partial charge < -0.3 is 0 Å². The van der Waals surface area contributed by atoms with Gasteiger partial charge in [0.05, 0.1) is 6.54 Å². The smallest absolute Gasteiger partial charge is 0.154 e. The lowest BCUT2D eigenvalue weighted by atomic mass is 10.2. The highest BCUT2D eigenvalue weighted by atomic mass is 15.0. The van der Waals surface area contributed by atoms with Gasteiger partial charge in [-0.25, -0.2) is 4.98 Å². The fraction of sp³-hybridized carbons (Fsp3) is 0.125. The van der Waals surface area contributed by atoms with E-state index in [2.05, 4.69) is 16.4 Å². The lowest BCUT2D eigenvalue weighted by molar-refractivity contribution is 0.924. The van der Waals surface area contributed by atoms with E-state index in [1.165, 1.54) is 0 Å². The first-order valence-corrected chi connectivity index (χ1v) is 3.26. The average Bonchev–Trinajstić information content (AvgIpc) is 2.05. The van der Waals surface area contributed by atoms with Crippen LogP contribution < -0.4 is 5.32 Å². The topological polar surface area (TPSA) is 27.0 Å². The SMILES string of the molecule is C1=Cc2cccnc2[N]C1. The van der Waals surface area contributed by atoms with Gasteiger partial charge in [-0.05, 0) is 12.1 Å². The highest BCUT2D eigenvalue weighted by Crippen LogP contribution is 2.15. The Morgan fingerprint density at radius 3 is 3.30 bits per heavy atom. The highest BCUT2D eigenvalue weighted by Gasteiger charge is 2.02. The Kier molecular flexibility index (Phi) is 1.17. The molecule has 1 aromatic rings. The van der Waals surface area contributed by atoms with Crippen LogP contribution >= 0.6 is 0 Å².